The summed E-state index contributed by atoms with van der Waals surface area (Å²) in [5, 5.41) is 0.785. The van der Waals surface area contributed by atoms with Crippen LogP contribution in [0.4, 0.5) is 4.39 Å². The van der Waals surface area contributed by atoms with E-state index in [1.165, 1.54) is 12.1 Å². The molecule has 0 bridgehead atoms. The lowest BCUT2D eigenvalue weighted by Crippen LogP contribution is -2.19. The number of nitrogens with zero attached hydrogens (tertiary/aromatic N) is 1. The minimum atomic E-state index is -0.403. The molecule has 1 unspecified atom stereocenters. The van der Waals surface area contributed by atoms with Crippen molar-refractivity contribution in [3.8, 4) is 0 Å². The fourth-order valence-corrected chi connectivity index (χ4v) is 2.02. The van der Waals surface area contributed by atoms with Crippen LogP contribution in [0.15, 0.2) is 30.5 Å². The van der Waals surface area contributed by atoms with Crippen LogP contribution < -0.4 is 0 Å². The van der Waals surface area contributed by atoms with E-state index in [9.17, 15) is 9.18 Å². The van der Waals surface area contributed by atoms with Gasteiger partial charge in [-0.15, -0.1) is 0 Å². The Bertz CT molecular complexity index is 577. The van der Waals surface area contributed by atoms with Crippen LogP contribution in [0.2, 0.25) is 0 Å². The molecule has 2 rings (SSSR count). The van der Waals surface area contributed by atoms with E-state index >= 15 is 0 Å². The molecule has 0 aliphatic carbocycles. The van der Waals surface area contributed by atoms with Crippen molar-refractivity contribution >= 4 is 16.9 Å². The summed E-state index contributed by atoms with van der Waals surface area (Å²) in [5.41, 5.74) is 0.835. The van der Waals surface area contributed by atoms with Crippen molar-refractivity contribution in [1.82, 2.24) is 4.57 Å². The van der Waals surface area contributed by atoms with Crippen LogP contribution in [0.3, 0.4) is 0 Å². The fourth-order valence-electron chi connectivity index (χ4n) is 2.02. The van der Waals surface area contributed by atoms with Gasteiger partial charge < -0.3 is 9.30 Å². The van der Waals surface area contributed by atoms with Gasteiger partial charge in [0, 0.05) is 17.1 Å². The van der Waals surface area contributed by atoms with E-state index in [0.29, 0.717) is 6.61 Å². The standard InChI is InChI=1S/C15H18FNO2/c1-3-4-9-19-15(18)11(2)17-8-7-12-10-13(16)5-6-14(12)17/h5-8,10-11H,3-4,9H2,1-2H3. The van der Waals surface area contributed by atoms with Gasteiger partial charge in [0.1, 0.15) is 11.9 Å². The first kappa shape index (κ1) is 13.6. The van der Waals surface area contributed by atoms with E-state index in [1.54, 1.807) is 25.3 Å². The normalized spacial score (nSPS) is 12.6. The van der Waals surface area contributed by atoms with E-state index in [4.69, 9.17) is 4.74 Å². The largest absolute Gasteiger partial charge is 0.464 e. The Balaban J connectivity index is 2.17. The first-order valence-corrected chi connectivity index (χ1v) is 6.56. The number of ether oxygens (including phenoxy) is 1. The van der Waals surface area contributed by atoms with Gasteiger partial charge in [0.05, 0.1) is 6.61 Å². The fraction of sp³-hybridized carbons (Fsp3) is 0.400. The Kier molecular flexibility index (Phi) is 4.20. The summed E-state index contributed by atoms with van der Waals surface area (Å²) < 4.78 is 20.1. The maximum absolute atomic E-state index is 13.1. The monoisotopic (exact) mass is 263 g/mol. The van der Waals surface area contributed by atoms with Crippen molar-refractivity contribution < 1.29 is 13.9 Å². The number of carbonyl (C=O) groups excluding carboxylic acids is 1. The SMILES string of the molecule is CCCCOC(=O)C(C)n1ccc2cc(F)ccc21. The van der Waals surface area contributed by atoms with Crippen molar-refractivity contribution in [2.75, 3.05) is 6.61 Å². The first-order valence-electron chi connectivity index (χ1n) is 6.56. The van der Waals surface area contributed by atoms with E-state index in [-0.39, 0.29) is 11.8 Å². The Morgan fingerprint density at radius 2 is 2.21 bits per heavy atom. The molecule has 0 spiro atoms. The third kappa shape index (κ3) is 2.95. The van der Waals surface area contributed by atoms with Gasteiger partial charge in [0.25, 0.3) is 0 Å². The quantitative estimate of drug-likeness (QED) is 0.608. The van der Waals surface area contributed by atoms with Gasteiger partial charge in [-0.05, 0) is 37.6 Å². The van der Waals surface area contributed by atoms with Crippen molar-refractivity contribution in [1.29, 1.82) is 0 Å². The summed E-state index contributed by atoms with van der Waals surface area (Å²) in [7, 11) is 0. The second kappa shape index (κ2) is 5.87. The van der Waals surface area contributed by atoms with Gasteiger partial charge in [-0.3, -0.25) is 0 Å². The number of fused-ring (bicyclic) bond motifs is 1. The summed E-state index contributed by atoms with van der Waals surface area (Å²) in [6, 6.07) is 5.93. The molecule has 1 atom stereocenters. The number of unbranched alkanes of at least 4 members (excludes halogenated alkanes) is 1. The Morgan fingerprint density at radius 3 is 2.95 bits per heavy atom. The Labute approximate surface area is 112 Å². The van der Waals surface area contributed by atoms with Gasteiger partial charge >= 0.3 is 5.97 Å². The molecular weight excluding hydrogens is 245 g/mol. The lowest BCUT2D eigenvalue weighted by atomic mass is 10.2. The van der Waals surface area contributed by atoms with Gasteiger partial charge in [-0.2, -0.15) is 0 Å². The third-order valence-corrected chi connectivity index (χ3v) is 3.18. The number of aromatic nitrogens is 1. The number of hydrogen-bond donors (Lipinski definition) is 0. The Hall–Kier alpha value is -1.84. The zero-order valence-electron chi connectivity index (χ0n) is 11.2. The number of benzene rings is 1. The summed E-state index contributed by atoms with van der Waals surface area (Å²) in [4.78, 5) is 11.9. The van der Waals surface area contributed by atoms with Crippen LogP contribution in [-0.4, -0.2) is 17.1 Å². The number of carbonyl (C=O) groups is 1. The van der Waals surface area contributed by atoms with Crippen molar-refractivity contribution in [3.05, 3.63) is 36.3 Å². The molecule has 0 aliphatic heterocycles. The van der Waals surface area contributed by atoms with Crippen molar-refractivity contribution in [2.45, 2.75) is 32.7 Å². The van der Waals surface area contributed by atoms with E-state index in [2.05, 4.69) is 0 Å². The molecule has 4 heteroatoms. The maximum atomic E-state index is 13.1. The topological polar surface area (TPSA) is 31.2 Å². The molecule has 19 heavy (non-hydrogen) atoms. The van der Waals surface area contributed by atoms with E-state index < -0.39 is 6.04 Å². The van der Waals surface area contributed by atoms with Crippen LogP contribution in [-0.2, 0) is 9.53 Å². The minimum Gasteiger partial charge on any atom is -0.464 e. The molecule has 3 nitrogen and oxygen atoms in total. The Morgan fingerprint density at radius 1 is 1.42 bits per heavy atom. The van der Waals surface area contributed by atoms with Crippen LogP contribution in [0.5, 0.6) is 0 Å². The van der Waals surface area contributed by atoms with E-state index in [1.807, 2.05) is 11.5 Å². The lowest BCUT2D eigenvalue weighted by molar-refractivity contribution is -0.147. The maximum Gasteiger partial charge on any atom is 0.328 e. The molecule has 0 radical (unpaired) electrons. The second-order valence-electron chi connectivity index (χ2n) is 4.62. The highest BCUT2D eigenvalue weighted by Gasteiger charge is 2.17. The average molecular weight is 263 g/mol. The molecular formula is C15H18FNO2. The van der Waals surface area contributed by atoms with Gasteiger partial charge in [-0.1, -0.05) is 13.3 Å². The highest BCUT2D eigenvalue weighted by atomic mass is 19.1. The van der Waals surface area contributed by atoms with Crippen molar-refractivity contribution in [2.24, 2.45) is 0 Å². The molecule has 0 N–H and O–H groups in total. The van der Waals surface area contributed by atoms with Crippen LogP contribution >= 0.6 is 0 Å². The molecule has 0 saturated carbocycles. The van der Waals surface area contributed by atoms with Crippen LogP contribution in [0.1, 0.15) is 32.7 Å². The van der Waals surface area contributed by atoms with Crippen molar-refractivity contribution in [3.63, 3.8) is 0 Å². The molecule has 102 valence electrons. The van der Waals surface area contributed by atoms with Gasteiger partial charge in [0.15, 0.2) is 0 Å². The highest BCUT2D eigenvalue weighted by Crippen LogP contribution is 2.21. The third-order valence-electron chi connectivity index (χ3n) is 3.18. The number of hydrogen-bond acceptors (Lipinski definition) is 2. The predicted molar refractivity (Wildman–Crippen MR) is 72.5 cm³/mol. The number of halogens is 1. The molecule has 0 fully saturated rings. The summed E-state index contributed by atoms with van der Waals surface area (Å²) in [5.74, 6) is -0.529. The molecule has 2 aromatic rings. The summed E-state index contributed by atoms with van der Waals surface area (Å²) in [6.07, 6.45) is 3.65. The molecule has 1 heterocycles. The zero-order chi connectivity index (χ0) is 13.8. The molecule has 0 amide bonds. The highest BCUT2D eigenvalue weighted by molar-refractivity contribution is 5.83. The average Bonchev–Trinajstić information content (AvgIpc) is 2.80. The van der Waals surface area contributed by atoms with Crippen LogP contribution in [0.25, 0.3) is 10.9 Å². The first-order chi connectivity index (χ1) is 9.13. The van der Waals surface area contributed by atoms with Gasteiger partial charge in [-0.25, -0.2) is 9.18 Å². The number of rotatable bonds is 5. The molecule has 0 saturated heterocycles. The summed E-state index contributed by atoms with van der Waals surface area (Å²) in [6.45, 7) is 4.29. The second-order valence-corrected chi connectivity index (χ2v) is 4.62. The molecule has 0 aliphatic rings. The smallest absolute Gasteiger partial charge is 0.328 e. The predicted octanol–water partition coefficient (Wildman–Crippen LogP) is 3.68. The lowest BCUT2D eigenvalue weighted by Gasteiger charge is -2.14. The summed E-state index contributed by atoms with van der Waals surface area (Å²) >= 11 is 0. The van der Waals surface area contributed by atoms with E-state index in [0.717, 1.165) is 23.7 Å². The minimum absolute atomic E-state index is 0.254. The van der Waals surface area contributed by atoms with Crippen LogP contribution in [0, 0.1) is 5.82 Å². The molecule has 1 aromatic carbocycles. The number of esters is 1. The molecule has 1 aromatic heterocycles. The van der Waals surface area contributed by atoms with Gasteiger partial charge in [0.2, 0.25) is 0 Å². The zero-order valence-corrected chi connectivity index (χ0v) is 11.2.